The monoisotopic (exact) mass is 326 g/mol. The number of rotatable bonds is 4. The Bertz CT molecular complexity index is 997. The van der Waals surface area contributed by atoms with Crippen molar-refractivity contribution in [3.63, 3.8) is 0 Å². The van der Waals surface area contributed by atoms with Crippen molar-refractivity contribution in [2.45, 2.75) is 19.8 Å². The molecule has 0 bridgehead atoms. The maximum atomic E-state index is 12.4. The highest BCUT2D eigenvalue weighted by molar-refractivity contribution is 7.13. The summed E-state index contributed by atoms with van der Waals surface area (Å²) >= 11 is 1.63. The summed E-state index contributed by atoms with van der Waals surface area (Å²) in [6.45, 7) is 1.98. The number of hydrogen-bond acceptors (Lipinski definition) is 5. The van der Waals surface area contributed by atoms with Crippen LogP contribution in [0.25, 0.3) is 16.2 Å². The van der Waals surface area contributed by atoms with E-state index in [9.17, 15) is 4.79 Å². The zero-order valence-electron chi connectivity index (χ0n) is 12.4. The van der Waals surface area contributed by atoms with Crippen molar-refractivity contribution < 1.29 is 4.52 Å². The van der Waals surface area contributed by atoms with Crippen molar-refractivity contribution in [1.82, 2.24) is 19.8 Å². The fraction of sp³-hybridized carbons (Fsp3) is 0.188. The predicted octanol–water partition coefficient (Wildman–Crippen LogP) is 2.83. The van der Waals surface area contributed by atoms with Gasteiger partial charge in [-0.1, -0.05) is 11.2 Å². The SMILES string of the molecule is Cc1c(-c2cccs2)[nH]n2c(=O)cc(CCc3ccno3)nc12. The van der Waals surface area contributed by atoms with Crippen LogP contribution in [0.15, 0.2) is 45.2 Å². The van der Waals surface area contributed by atoms with Crippen LogP contribution in [-0.2, 0) is 12.8 Å². The molecule has 0 atom stereocenters. The summed E-state index contributed by atoms with van der Waals surface area (Å²) in [6, 6.07) is 7.40. The minimum absolute atomic E-state index is 0.103. The number of aromatic nitrogens is 4. The molecule has 0 fully saturated rings. The molecule has 0 aliphatic heterocycles. The average molecular weight is 326 g/mol. The van der Waals surface area contributed by atoms with E-state index >= 15 is 0 Å². The number of aryl methyl sites for hydroxylation is 3. The van der Waals surface area contributed by atoms with Gasteiger partial charge in [-0.25, -0.2) is 9.50 Å². The number of H-pyrrole nitrogens is 1. The Morgan fingerprint density at radius 3 is 3.00 bits per heavy atom. The third kappa shape index (κ3) is 2.49. The first kappa shape index (κ1) is 14.0. The molecular weight excluding hydrogens is 312 g/mol. The number of nitrogens with one attached hydrogen (secondary N) is 1. The maximum absolute atomic E-state index is 12.4. The molecule has 0 aromatic carbocycles. The lowest BCUT2D eigenvalue weighted by molar-refractivity contribution is 0.383. The molecule has 0 saturated carbocycles. The van der Waals surface area contributed by atoms with Crippen molar-refractivity contribution in [1.29, 1.82) is 0 Å². The van der Waals surface area contributed by atoms with Crippen LogP contribution in [0.4, 0.5) is 0 Å². The quantitative estimate of drug-likeness (QED) is 0.625. The Morgan fingerprint density at radius 2 is 2.26 bits per heavy atom. The van der Waals surface area contributed by atoms with Crippen molar-refractivity contribution >= 4 is 17.0 Å². The molecule has 0 aliphatic carbocycles. The highest BCUT2D eigenvalue weighted by Crippen LogP contribution is 2.27. The molecule has 4 aromatic rings. The first-order valence-electron chi connectivity index (χ1n) is 7.27. The van der Waals surface area contributed by atoms with E-state index in [0.717, 1.165) is 27.6 Å². The summed E-state index contributed by atoms with van der Waals surface area (Å²) in [5, 5.41) is 8.85. The van der Waals surface area contributed by atoms with E-state index in [1.807, 2.05) is 30.5 Å². The summed E-state index contributed by atoms with van der Waals surface area (Å²) in [5.41, 5.74) is 3.25. The molecule has 116 valence electrons. The van der Waals surface area contributed by atoms with Gasteiger partial charge in [-0.2, -0.15) is 0 Å². The van der Waals surface area contributed by atoms with Crippen LogP contribution in [-0.4, -0.2) is 19.8 Å². The van der Waals surface area contributed by atoms with Crippen LogP contribution in [0.1, 0.15) is 17.0 Å². The maximum Gasteiger partial charge on any atom is 0.272 e. The molecule has 4 heterocycles. The van der Waals surface area contributed by atoms with Crippen LogP contribution < -0.4 is 5.56 Å². The Kier molecular flexibility index (Phi) is 3.34. The van der Waals surface area contributed by atoms with Crippen LogP contribution in [0.3, 0.4) is 0 Å². The molecule has 6 nitrogen and oxygen atoms in total. The summed E-state index contributed by atoms with van der Waals surface area (Å²) < 4.78 is 6.59. The summed E-state index contributed by atoms with van der Waals surface area (Å²) in [6.07, 6.45) is 2.92. The minimum atomic E-state index is -0.103. The number of aromatic amines is 1. The number of thiophene rings is 1. The smallest absolute Gasteiger partial charge is 0.272 e. The summed E-state index contributed by atoms with van der Waals surface area (Å²) in [7, 11) is 0. The van der Waals surface area contributed by atoms with E-state index in [-0.39, 0.29) is 5.56 Å². The first-order valence-corrected chi connectivity index (χ1v) is 8.15. The van der Waals surface area contributed by atoms with E-state index in [4.69, 9.17) is 4.52 Å². The average Bonchev–Trinajstić information content (AvgIpc) is 3.26. The van der Waals surface area contributed by atoms with Gasteiger partial charge in [0.05, 0.1) is 16.8 Å². The van der Waals surface area contributed by atoms with Gasteiger partial charge in [0.15, 0.2) is 5.65 Å². The second-order valence-corrected chi connectivity index (χ2v) is 6.26. The van der Waals surface area contributed by atoms with Gasteiger partial charge < -0.3 is 4.52 Å². The Balaban J connectivity index is 1.74. The van der Waals surface area contributed by atoms with Crippen molar-refractivity contribution in [2.24, 2.45) is 0 Å². The highest BCUT2D eigenvalue weighted by atomic mass is 32.1. The number of fused-ring (bicyclic) bond motifs is 1. The van der Waals surface area contributed by atoms with E-state index in [2.05, 4.69) is 15.2 Å². The van der Waals surface area contributed by atoms with Crippen molar-refractivity contribution in [2.75, 3.05) is 0 Å². The van der Waals surface area contributed by atoms with Gasteiger partial charge in [-0.15, -0.1) is 11.3 Å². The second-order valence-electron chi connectivity index (χ2n) is 5.31. The molecule has 1 N–H and O–H groups in total. The molecule has 0 saturated heterocycles. The van der Waals surface area contributed by atoms with Gasteiger partial charge in [0, 0.05) is 29.8 Å². The summed E-state index contributed by atoms with van der Waals surface area (Å²) in [5.74, 6) is 0.789. The lowest BCUT2D eigenvalue weighted by atomic mass is 10.2. The molecule has 4 aromatic heterocycles. The topological polar surface area (TPSA) is 76.2 Å². The molecule has 7 heteroatoms. The van der Waals surface area contributed by atoms with Gasteiger partial charge in [0.1, 0.15) is 5.76 Å². The van der Waals surface area contributed by atoms with Crippen molar-refractivity contribution in [3.8, 4) is 10.6 Å². The van der Waals surface area contributed by atoms with Gasteiger partial charge >= 0.3 is 0 Å². The Labute approximate surface area is 135 Å². The largest absolute Gasteiger partial charge is 0.361 e. The molecule has 0 radical (unpaired) electrons. The molecule has 0 unspecified atom stereocenters. The van der Waals surface area contributed by atoms with Crippen LogP contribution >= 0.6 is 11.3 Å². The highest BCUT2D eigenvalue weighted by Gasteiger charge is 2.14. The molecule has 0 aliphatic rings. The molecule has 23 heavy (non-hydrogen) atoms. The van der Waals surface area contributed by atoms with Crippen LogP contribution in [0, 0.1) is 6.92 Å². The third-order valence-electron chi connectivity index (χ3n) is 3.79. The lowest BCUT2D eigenvalue weighted by Crippen LogP contribution is -2.16. The fourth-order valence-corrected chi connectivity index (χ4v) is 3.39. The van der Waals surface area contributed by atoms with Crippen LogP contribution in [0.2, 0.25) is 0 Å². The van der Waals surface area contributed by atoms with E-state index in [1.54, 1.807) is 23.6 Å². The Morgan fingerprint density at radius 1 is 1.35 bits per heavy atom. The van der Waals surface area contributed by atoms with E-state index in [0.29, 0.717) is 18.5 Å². The summed E-state index contributed by atoms with van der Waals surface area (Å²) in [4.78, 5) is 18.1. The lowest BCUT2D eigenvalue weighted by Gasteiger charge is -1.99. The molecule has 0 amide bonds. The minimum Gasteiger partial charge on any atom is -0.361 e. The standard InChI is InChI=1S/C16H14N4O2S/c1-10-15(13-3-2-8-23-13)19-20-14(21)9-11(18-16(10)20)4-5-12-6-7-17-22-12/h2-3,6-9,19H,4-5H2,1H3. The molecule has 0 spiro atoms. The second kappa shape index (κ2) is 5.51. The Hall–Kier alpha value is -2.67. The van der Waals surface area contributed by atoms with E-state index in [1.165, 1.54) is 4.52 Å². The molecular formula is C16H14N4O2S. The number of hydrogen-bond donors (Lipinski definition) is 1. The van der Waals surface area contributed by atoms with Crippen LogP contribution in [0.5, 0.6) is 0 Å². The van der Waals surface area contributed by atoms with Crippen molar-refractivity contribution in [3.05, 3.63) is 63.2 Å². The van der Waals surface area contributed by atoms with Gasteiger partial charge in [-0.05, 0) is 24.8 Å². The van der Waals surface area contributed by atoms with Gasteiger partial charge in [-0.3, -0.25) is 9.89 Å². The third-order valence-corrected chi connectivity index (χ3v) is 4.68. The van der Waals surface area contributed by atoms with Gasteiger partial charge in [0.2, 0.25) is 0 Å². The fourth-order valence-electron chi connectivity index (χ4n) is 2.61. The number of nitrogens with zero attached hydrogens (tertiary/aromatic N) is 3. The van der Waals surface area contributed by atoms with E-state index < -0.39 is 0 Å². The normalized spacial score (nSPS) is 11.3. The molecule has 4 rings (SSSR count). The zero-order valence-corrected chi connectivity index (χ0v) is 13.3. The zero-order chi connectivity index (χ0) is 15.8. The first-order chi connectivity index (χ1) is 11.2. The van der Waals surface area contributed by atoms with Gasteiger partial charge in [0.25, 0.3) is 5.56 Å². The predicted molar refractivity (Wildman–Crippen MR) is 87.8 cm³/mol.